The Morgan fingerprint density at radius 2 is 1.96 bits per heavy atom. The summed E-state index contributed by atoms with van der Waals surface area (Å²) in [4.78, 5) is 24.8. The van der Waals surface area contributed by atoms with Crippen molar-refractivity contribution in [1.82, 2.24) is 5.32 Å². The van der Waals surface area contributed by atoms with E-state index in [2.05, 4.69) is 5.32 Å². The fraction of sp³-hybridized carbons (Fsp3) is 0.579. The first-order valence-electron chi connectivity index (χ1n) is 9.13. The smallest absolute Gasteiger partial charge is 0.223 e. The van der Waals surface area contributed by atoms with Crippen LogP contribution in [-0.4, -0.2) is 30.9 Å². The Labute approximate surface area is 152 Å². The summed E-state index contributed by atoms with van der Waals surface area (Å²) >= 11 is 0. The van der Waals surface area contributed by atoms with E-state index in [1.165, 1.54) is 12.1 Å². The molecule has 1 aromatic carbocycles. The average molecular weight is 368 g/mol. The molecule has 1 unspecified atom stereocenters. The van der Waals surface area contributed by atoms with Gasteiger partial charge in [0.15, 0.2) is 17.3 Å². The number of nitrogens with two attached hydrogens (primary N) is 1. The zero-order valence-electron chi connectivity index (χ0n) is 14.8. The standard InChI is InChI=1S/C19H26F2N2O3/c20-14-8-5-10-17(18(14)21)26-12-16(24)15(9-3-4-11-22)23-19(25)13-6-1-2-7-13/h5,8,10,13,15H,1-4,6-7,9,11-12,22H2,(H,23,25). The van der Waals surface area contributed by atoms with Gasteiger partial charge in [-0.05, 0) is 50.8 Å². The molecule has 5 nitrogen and oxygen atoms in total. The van der Waals surface area contributed by atoms with Crippen molar-refractivity contribution in [2.24, 2.45) is 11.7 Å². The molecule has 1 fully saturated rings. The molecule has 0 heterocycles. The molecule has 1 aliphatic rings. The van der Waals surface area contributed by atoms with E-state index in [9.17, 15) is 18.4 Å². The second-order valence-corrected chi connectivity index (χ2v) is 6.63. The minimum absolute atomic E-state index is 0.0543. The molecule has 2 rings (SSSR count). The Kier molecular flexibility index (Phi) is 7.97. The molecule has 7 heteroatoms. The van der Waals surface area contributed by atoms with Crippen molar-refractivity contribution >= 4 is 11.7 Å². The number of benzene rings is 1. The number of ketones is 1. The SMILES string of the molecule is NCCCCC(NC(=O)C1CCCC1)C(=O)COc1cccc(F)c1F. The van der Waals surface area contributed by atoms with Crippen LogP contribution in [0, 0.1) is 17.6 Å². The number of carbonyl (C=O) groups excluding carboxylic acids is 2. The molecule has 0 aromatic heterocycles. The van der Waals surface area contributed by atoms with Crippen molar-refractivity contribution in [3.63, 3.8) is 0 Å². The topological polar surface area (TPSA) is 81.4 Å². The molecule has 0 aliphatic heterocycles. The Hall–Kier alpha value is -2.02. The number of ether oxygens (including phenoxy) is 1. The van der Waals surface area contributed by atoms with Crippen molar-refractivity contribution in [2.45, 2.75) is 51.0 Å². The molecule has 26 heavy (non-hydrogen) atoms. The third kappa shape index (κ3) is 5.76. The summed E-state index contributed by atoms with van der Waals surface area (Å²) < 4.78 is 32.0. The lowest BCUT2D eigenvalue weighted by atomic mass is 10.0. The van der Waals surface area contributed by atoms with Crippen LogP contribution in [0.25, 0.3) is 0 Å². The minimum Gasteiger partial charge on any atom is -0.483 e. The van der Waals surface area contributed by atoms with Crippen molar-refractivity contribution < 1.29 is 23.1 Å². The molecular formula is C19H26F2N2O3. The van der Waals surface area contributed by atoms with Crippen LogP contribution < -0.4 is 15.8 Å². The molecule has 3 N–H and O–H groups in total. The maximum atomic E-state index is 13.6. The first kappa shape index (κ1) is 20.3. The Bertz CT molecular complexity index is 619. The van der Waals surface area contributed by atoms with Gasteiger partial charge in [-0.1, -0.05) is 18.9 Å². The Morgan fingerprint density at radius 1 is 1.23 bits per heavy atom. The minimum atomic E-state index is -1.13. The fourth-order valence-electron chi connectivity index (χ4n) is 3.13. The van der Waals surface area contributed by atoms with Gasteiger partial charge in [-0.15, -0.1) is 0 Å². The van der Waals surface area contributed by atoms with Crippen LogP contribution in [0.2, 0.25) is 0 Å². The first-order chi connectivity index (χ1) is 12.5. The van der Waals surface area contributed by atoms with Crippen molar-refractivity contribution in [3.05, 3.63) is 29.8 Å². The van der Waals surface area contributed by atoms with E-state index in [4.69, 9.17) is 10.5 Å². The van der Waals surface area contributed by atoms with Gasteiger partial charge in [0.05, 0.1) is 6.04 Å². The summed E-state index contributed by atoms with van der Waals surface area (Å²) in [6.45, 7) is 0.0705. The van der Waals surface area contributed by atoms with Crippen LogP contribution in [0.1, 0.15) is 44.9 Å². The van der Waals surface area contributed by atoms with Gasteiger partial charge in [0.2, 0.25) is 11.7 Å². The van der Waals surface area contributed by atoms with E-state index in [1.54, 1.807) is 0 Å². The molecule has 0 radical (unpaired) electrons. The van der Waals surface area contributed by atoms with Crippen LogP contribution in [0.15, 0.2) is 18.2 Å². The van der Waals surface area contributed by atoms with E-state index in [0.29, 0.717) is 19.4 Å². The van der Waals surface area contributed by atoms with E-state index in [1.807, 2.05) is 0 Å². The summed E-state index contributed by atoms with van der Waals surface area (Å²) in [6.07, 6.45) is 5.58. The third-order valence-corrected chi connectivity index (χ3v) is 4.66. The molecule has 1 aromatic rings. The van der Waals surface area contributed by atoms with E-state index < -0.39 is 24.3 Å². The number of halogens is 2. The number of Topliss-reactive ketones (excluding diaryl/α,β-unsaturated/α-hetero) is 1. The zero-order chi connectivity index (χ0) is 18.9. The van der Waals surface area contributed by atoms with E-state index in [0.717, 1.165) is 38.2 Å². The quantitative estimate of drug-likeness (QED) is 0.622. The monoisotopic (exact) mass is 368 g/mol. The van der Waals surface area contributed by atoms with Crippen LogP contribution in [-0.2, 0) is 9.59 Å². The van der Waals surface area contributed by atoms with E-state index >= 15 is 0 Å². The van der Waals surface area contributed by atoms with Crippen molar-refractivity contribution in [3.8, 4) is 5.75 Å². The normalized spacial score (nSPS) is 15.7. The summed E-state index contributed by atoms with van der Waals surface area (Å²) in [5.74, 6) is -3.02. The maximum absolute atomic E-state index is 13.6. The lowest BCUT2D eigenvalue weighted by molar-refractivity contribution is -0.131. The molecule has 0 bridgehead atoms. The van der Waals surface area contributed by atoms with Crippen molar-refractivity contribution in [1.29, 1.82) is 0 Å². The number of hydrogen-bond donors (Lipinski definition) is 2. The number of amides is 1. The van der Waals surface area contributed by atoms with Gasteiger partial charge in [-0.2, -0.15) is 4.39 Å². The van der Waals surface area contributed by atoms with Gasteiger partial charge in [0.1, 0.15) is 6.61 Å². The third-order valence-electron chi connectivity index (χ3n) is 4.66. The number of nitrogens with one attached hydrogen (secondary N) is 1. The molecule has 1 saturated carbocycles. The predicted molar refractivity (Wildman–Crippen MR) is 93.7 cm³/mol. The molecule has 1 amide bonds. The number of hydrogen-bond acceptors (Lipinski definition) is 4. The largest absolute Gasteiger partial charge is 0.483 e. The highest BCUT2D eigenvalue weighted by atomic mass is 19.2. The molecule has 0 spiro atoms. The van der Waals surface area contributed by atoms with E-state index in [-0.39, 0.29) is 23.4 Å². The second-order valence-electron chi connectivity index (χ2n) is 6.63. The number of rotatable bonds is 10. The van der Waals surface area contributed by atoms with Gasteiger partial charge in [-0.25, -0.2) is 4.39 Å². The zero-order valence-corrected chi connectivity index (χ0v) is 14.8. The van der Waals surface area contributed by atoms with Crippen LogP contribution >= 0.6 is 0 Å². The number of carbonyl (C=O) groups is 2. The highest BCUT2D eigenvalue weighted by Gasteiger charge is 2.27. The molecule has 1 aliphatic carbocycles. The van der Waals surface area contributed by atoms with Gasteiger partial charge >= 0.3 is 0 Å². The molecule has 144 valence electrons. The molecule has 0 saturated heterocycles. The first-order valence-corrected chi connectivity index (χ1v) is 9.13. The van der Waals surface area contributed by atoms with Gasteiger partial charge in [0, 0.05) is 5.92 Å². The maximum Gasteiger partial charge on any atom is 0.223 e. The lowest BCUT2D eigenvalue weighted by Crippen LogP contribution is -2.45. The summed E-state index contributed by atoms with van der Waals surface area (Å²) in [5.41, 5.74) is 5.48. The highest BCUT2D eigenvalue weighted by Crippen LogP contribution is 2.25. The average Bonchev–Trinajstić information content (AvgIpc) is 3.16. The molecule has 1 atom stereocenters. The summed E-state index contributed by atoms with van der Waals surface area (Å²) in [5, 5.41) is 2.80. The highest BCUT2D eigenvalue weighted by molar-refractivity contribution is 5.90. The van der Waals surface area contributed by atoms with Gasteiger partial charge in [-0.3, -0.25) is 9.59 Å². The molecular weight excluding hydrogens is 342 g/mol. The second kappa shape index (κ2) is 10.2. The Balaban J connectivity index is 1.94. The summed E-state index contributed by atoms with van der Waals surface area (Å²) in [6, 6.07) is 2.83. The van der Waals surface area contributed by atoms with Gasteiger partial charge < -0.3 is 15.8 Å². The lowest BCUT2D eigenvalue weighted by Gasteiger charge is -2.20. The van der Waals surface area contributed by atoms with Crippen LogP contribution in [0.3, 0.4) is 0 Å². The van der Waals surface area contributed by atoms with Crippen molar-refractivity contribution in [2.75, 3.05) is 13.2 Å². The van der Waals surface area contributed by atoms with Crippen LogP contribution in [0.4, 0.5) is 8.78 Å². The predicted octanol–water partition coefficient (Wildman–Crippen LogP) is 2.72. The Morgan fingerprint density at radius 3 is 2.65 bits per heavy atom. The van der Waals surface area contributed by atoms with Crippen LogP contribution in [0.5, 0.6) is 5.75 Å². The number of unbranched alkanes of at least 4 members (excludes halogenated alkanes) is 1. The summed E-state index contributed by atoms with van der Waals surface area (Å²) in [7, 11) is 0. The van der Waals surface area contributed by atoms with Gasteiger partial charge in [0.25, 0.3) is 0 Å². The fourth-order valence-corrected chi connectivity index (χ4v) is 3.13.